The molecule has 0 aliphatic carbocycles. The molecule has 5 rings (SSSR count). The molecule has 0 fully saturated rings. The Morgan fingerprint density at radius 2 is 1.79 bits per heavy atom. The molecule has 2 aliphatic rings. The minimum Gasteiger partial charge on any atom is -0.346 e. The minimum absolute atomic E-state index is 0.317. The van der Waals surface area contributed by atoms with Gasteiger partial charge in [-0.1, -0.05) is 62.4 Å². The number of aromatic nitrogens is 2. The van der Waals surface area contributed by atoms with E-state index in [-0.39, 0.29) is 5.41 Å². The molecule has 0 saturated carbocycles. The molecule has 2 aromatic carbocycles. The molecule has 33 heavy (non-hydrogen) atoms. The number of nitrogens with zero attached hydrogens (tertiary/aromatic N) is 5. The molecule has 0 saturated heterocycles. The number of likely N-dealkylation sites (N-methyl/N-ethyl adjacent to an activating group) is 1. The molecule has 1 aromatic heterocycles. The zero-order chi connectivity index (χ0) is 23.4. The largest absolute Gasteiger partial charge is 0.346 e. The van der Waals surface area contributed by atoms with Gasteiger partial charge in [0.2, 0.25) is 0 Å². The van der Waals surface area contributed by atoms with Crippen molar-refractivity contribution in [3.05, 3.63) is 76.9 Å². The fourth-order valence-electron chi connectivity index (χ4n) is 5.26. The Balaban J connectivity index is 1.84. The number of hydrogen-bond acceptors (Lipinski definition) is 5. The van der Waals surface area contributed by atoms with E-state index < -0.39 is 7.14 Å². The topological polar surface area (TPSA) is 74.3 Å². The van der Waals surface area contributed by atoms with Crippen LogP contribution in [0.1, 0.15) is 31.5 Å². The van der Waals surface area contributed by atoms with Crippen LogP contribution in [-0.2, 0) is 16.5 Å². The molecule has 3 aromatic rings. The van der Waals surface area contributed by atoms with Crippen LogP contribution in [0.5, 0.6) is 0 Å². The lowest BCUT2D eigenvalue weighted by Gasteiger charge is -2.32. The number of allylic oxidation sites excluding steroid dienone is 2. The molecule has 0 N–H and O–H groups in total. The van der Waals surface area contributed by atoms with Gasteiger partial charge in [-0.2, -0.15) is 10.4 Å². The third-order valence-corrected chi connectivity index (χ3v) is 9.88. The van der Waals surface area contributed by atoms with E-state index in [1.54, 1.807) is 10.9 Å². The van der Waals surface area contributed by atoms with Gasteiger partial charge in [-0.3, -0.25) is 0 Å². The van der Waals surface area contributed by atoms with E-state index in [2.05, 4.69) is 48.1 Å². The van der Waals surface area contributed by atoms with Crippen molar-refractivity contribution in [2.45, 2.75) is 39.2 Å². The number of aliphatic imine (C=N–C) groups is 1. The van der Waals surface area contributed by atoms with Crippen molar-refractivity contribution >= 4 is 35.5 Å². The predicted octanol–water partition coefficient (Wildman–Crippen LogP) is 4.77. The first-order valence-electron chi connectivity index (χ1n) is 11.0. The lowest BCUT2D eigenvalue weighted by atomic mass is 9.84. The van der Waals surface area contributed by atoms with E-state index in [1.807, 2.05) is 50.4 Å². The summed E-state index contributed by atoms with van der Waals surface area (Å²) in [4.78, 5) is 6.95. The smallest absolute Gasteiger partial charge is 0.179 e. The summed E-state index contributed by atoms with van der Waals surface area (Å²) < 4.78 is 17.1. The van der Waals surface area contributed by atoms with E-state index in [0.29, 0.717) is 29.8 Å². The second-order valence-electron chi connectivity index (χ2n) is 9.03. The fourth-order valence-corrected chi connectivity index (χ4v) is 8.54. The maximum atomic E-state index is 15.4. The van der Waals surface area contributed by atoms with Crippen LogP contribution in [0.25, 0.3) is 0 Å². The van der Waals surface area contributed by atoms with E-state index in [9.17, 15) is 0 Å². The second kappa shape index (κ2) is 7.57. The fraction of sp³-hybridized carbons (Fsp3) is 0.269. The van der Waals surface area contributed by atoms with Gasteiger partial charge in [0.05, 0.1) is 35.3 Å². The average molecular weight is 456 g/mol. The summed E-state index contributed by atoms with van der Waals surface area (Å²) in [5, 5.41) is 15.9. The van der Waals surface area contributed by atoms with E-state index >= 15 is 4.57 Å². The number of nitriles is 1. The van der Waals surface area contributed by atoms with Gasteiger partial charge in [0.25, 0.3) is 0 Å². The van der Waals surface area contributed by atoms with Gasteiger partial charge in [0.1, 0.15) is 0 Å². The molecular weight excluding hydrogens is 429 g/mol. The standard InChI is InChI=1S/C26H26N5OP/c1-18-23-25(31(29-18)16-10-15-27)28-17-22(33(23,32)19-11-6-5-7-12-19)24-26(2,3)20-13-8-9-14-21(20)30(24)4/h5-9,11-14,17H,10,16H2,1-4H3/b24-22-. The van der Waals surface area contributed by atoms with Gasteiger partial charge in [0.15, 0.2) is 13.0 Å². The van der Waals surface area contributed by atoms with E-state index in [0.717, 1.165) is 22.0 Å². The molecule has 0 bridgehead atoms. The lowest BCUT2D eigenvalue weighted by molar-refractivity contribution is 0.588. The molecule has 1 atom stereocenters. The van der Waals surface area contributed by atoms with Gasteiger partial charge in [-0.15, -0.1) is 0 Å². The van der Waals surface area contributed by atoms with Crippen LogP contribution in [0.3, 0.4) is 0 Å². The summed E-state index contributed by atoms with van der Waals surface area (Å²) >= 11 is 0. The first-order chi connectivity index (χ1) is 15.8. The van der Waals surface area contributed by atoms with Crippen LogP contribution in [-0.4, -0.2) is 23.0 Å². The quantitative estimate of drug-likeness (QED) is 0.533. The van der Waals surface area contributed by atoms with Crippen LogP contribution in [0.2, 0.25) is 0 Å². The molecule has 0 amide bonds. The molecule has 2 aliphatic heterocycles. The SMILES string of the molecule is Cc1nn(CCC#N)c2c1P(=O)(c1ccccc1)/C(=C1\N(C)c3ccccc3C1(C)C)C=N2. The first kappa shape index (κ1) is 21.4. The minimum atomic E-state index is -3.29. The van der Waals surface area contributed by atoms with Gasteiger partial charge in [-0.05, 0) is 18.6 Å². The Bertz CT molecular complexity index is 1410. The lowest BCUT2D eigenvalue weighted by Crippen LogP contribution is -2.30. The summed E-state index contributed by atoms with van der Waals surface area (Å²) in [5.41, 5.74) is 3.66. The number of hydrogen-bond donors (Lipinski definition) is 0. The first-order valence-corrected chi connectivity index (χ1v) is 12.8. The summed E-state index contributed by atoms with van der Waals surface area (Å²) in [5.74, 6) is 0.593. The maximum absolute atomic E-state index is 15.4. The number of para-hydroxylation sites is 1. The molecule has 0 spiro atoms. The summed E-state index contributed by atoms with van der Waals surface area (Å²) in [6.07, 6.45) is 2.09. The zero-order valence-electron chi connectivity index (χ0n) is 19.3. The highest BCUT2D eigenvalue weighted by Crippen LogP contribution is 2.61. The molecular formula is C26H26N5OP. The van der Waals surface area contributed by atoms with Crippen LogP contribution < -0.4 is 15.5 Å². The van der Waals surface area contributed by atoms with Crippen LogP contribution in [0.4, 0.5) is 11.5 Å². The highest BCUT2D eigenvalue weighted by molar-refractivity contribution is 7.83. The van der Waals surface area contributed by atoms with E-state index in [1.165, 1.54) is 5.56 Å². The van der Waals surface area contributed by atoms with Crippen LogP contribution >= 0.6 is 7.14 Å². The van der Waals surface area contributed by atoms with Gasteiger partial charge in [0, 0.05) is 35.4 Å². The Morgan fingerprint density at radius 3 is 2.48 bits per heavy atom. The summed E-state index contributed by atoms with van der Waals surface area (Å²) in [7, 11) is -1.25. The van der Waals surface area contributed by atoms with Crippen LogP contribution in [0, 0.1) is 18.3 Å². The third-order valence-electron chi connectivity index (χ3n) is 6.70. The number of anilines is 1. The molecule has 166 valence electrons. The van der Waals surface area contributed by atoms with Gasteiger partial charge >= 0.3 is 0 Å². The molecule has 3 heterocycles. The van der Waals surface area contributed by atoms with Crippen molar-refractivity contribution < 1.29 is 4.57 Å². The van der Waals surface area contributed by atoms with Crippen molar-refractivity contribution in [1.82, 2.24) is 9.78 Å². The molecule has 1 unspecified atom stereocenters. The zero-order valence-corrected chi connectivity index (χ0v) is 20.2. The molecule has 0 radical (unpaired) electrons. The number of aryl methyl sites for hydroxylation is 2. The number of fused-ring (bicyclic) bond motifs is 2. The third kappa shape index (κ3) is 2.96. The van der Waals surface area contributed by atoms with Crippen LogP contribution in [0.15, 0.2) is 70.6 Å². The number of rotatable bonds is 3. The monoisotopic (exact) mass is 455 g/mol. The van der Waals surface area contributed by atoms with Crippen molar-refractivity contribution in [2.24, 2.45) is 4.99 Å². The van der Waals surface area contributed by atoms with Crippen molar-refractivity contribution in [1.29, 1.82) is 5.26 Å². The van der Waals surface area contributed by atoms with Gasteiger partial charge in [-0.25, -0.2) is 9.67 Å². The van der Waals surface area contributed by atoms with Crippen molar-refractivity contribution in [3.8, 4) is 6.07 Å². The normalized spacial score (nSPS) is 22.7. The highest BCUT2D eigenvalue weighted by atomic mass is 31.2. The van der Waals surface area contributed by atoms with E-state index in [4.69, 9.17) is 10.3 Å². The molecule has 7 heteroatoms. The van der Waals surface area contributed by atoms with Crippen molar-refractivity contribution in [2.75, 3.05) is 11.9 Å². The molecule has 6 nitrogen and oxygen atoms in total. The Labute approximate surface area is 194 Å². The highest BCUT2D eigenvalue weighted by Gasteiger charge is 2.48. The van der Waals surface area contributed by atoms with Gasteiger partial charge < -0.3 is 9.46 Å². The second-order valence-corrected chi connectivity index (χ2v) is 11.7. The summed E-state index contributed by atoms with van der Waals surface area (Å²) in [6, 6.07) is 20.2. The summed E-state index contributed by atoms with van der Waals surface area (Å²) in [6.45, 7) is 6.67. The predicted molar refractivity (Wildman–Crippen MR) is 134 cm³/mol. The van der Waals surface area contributed by atoms with Crippen molar-refractivity contribution in [3.63, 3.8) is 0 Å². The number of benzene rings is 2. The Morgan fingerprint density at radius 1 is 1.09 bits per heavy atom. The Kier molecular flexibility index (Phi) is 4.92. The Hall–Kier alpha value is -3.42. The average Bonchev–Trinajstić information content (AvgIpc) is 3.25. The maximum Gasteiger partial charge on any atom is 0.179 e.